The quantitative estimate of drug-likeness (QED) is 0.784. The molecule has 0 aliphatic carbocycles. The highest BCUT2D eigenvalue weighted by molar-refractivity contribution is 6.31. The van der Waals surface area contributed by atoms with Crippen molar-refractivity contribution in [2.24, 2.45) is 0 Å². The molecule has 0 radical (unpaired) electrons. The van der Waals surface area contributed by atoms with Crippen LogP contribution in [0.4, 0.5) is 0 Å². The minimum Gasteiger partial charge on any atom is -0.274 e. The fourth-order valence-electron chi connectivity index (χ4n) is 1.71. The molecule has 0 saturated heterocycles. The van der Waals surface area contributed by atoms with Gasteiger partial charge in [-0.15, -0.1) is 0 Å². The standard InChI is InChI=1S/C13H13ClN2O2/c1-8-11(13(17)16(2)18-3)7-9-6-10(14)4-5-12(9)15-8/h4-7H,1-3H3. The Balaban J connectivity index is 2.58. The lowest BCUT2D eigenvalue weighted by atomic mass is 10.1. The van der Waals surface area contributed by atoms with Crippen molar-refractivity contribution in [3.63, 3.8) is 0 Å². The second-order valence-corrected chi connectivity index (χ2v) is 4.38. The Morgan fingerprint density at radius 3 is 2.78 bits per heavy atom. The van der Waals surface area contributed by atoms with Crippen molar-refractivity contribution >= 4 is 28.4 Å². The number of rotatable bonds is 2. The highest BCUT2D eigenvalue weighted by Crippen LogP contribution is 2.21. The molecule has 5 heteroatoms. The second-order valence-electron chi connectivity index (χ2n) is 3.94. The highest BCUT2D eigenvalue weighted by atomic mass is 35.5. The van der Waals surface area contributed by atoms with E-state index in [9.17, 15) is 4.79 Å². The highest BCUT2D eigenvalue weighted by Gasteiger charge is 2.15. The largest absolute Gasteiger partial charge is 0.279 e. The number of fused-ring (bicyclic) bond motifs is 1. The van der Waals surface area contributed by atoms with E-state index in [0.29, 0.717) is 16.3 Å². The van der Waals surface area contributed by atoms with Crippen molar-refractivity contribution in [2.45, 2.75) is 6.92 Å². The molecule has 2 rings (SSSR count). The van der Waals surface area contributed by atoms with Crippen LogP contribution < -0.4 is 0 Å². The van der Waals surface area contributed by atoms with E-state index in [0.717, 1.165) is 10.9 Å². The Bertz CT molecular complexity index is 613. The first-order chi connectivity index (χ1) is 8.52. The second kappa shape index (κ2) is 4.92. The molecule has 0 aliphatic heterocycles. The average molecular weight is 265 g/mol. The molecule has 0 aliphatic rings. The molecule has 0 atom stereocenters. The predicted octanol–water partition coefficient (Wildman–Crippen LogP) is 2.83. The minimum absolute atomic E-state index is 0.232. The minimum atomic E-state index is -0.232. The number of carbonyl (C=O) groups excluding carboxylic acids is 1. The molecule has 18 heavy (non-hydrogen) atoms. The predicted molar refractivity (Wildman–Crippen MR) is 70.6 cm³/mol. The summed E-state index contributed by atoms with van der Waals surface area (Å²) in [5.41, 5.74) is 1.99. The zero-order valence-electron chi connectivity index (χ0n) is 10.4. The smallest absolute Gasteiger partial charge is 0.274 e. The molecule has 0 unspecified atom stereocenters. The van der Waals surface area contributed by atoms with Crippen molar-refractivity contribution in [1.82, 2.24) is 10.0 Å². The fourth-order valence-corrected chi connectivity index (χ4v) is 1.89. The lowest BCUT2D eigenvalue weighted by molar-refractivity contribution is -0.0757. The maximum atomic E-state index is 12.1. The number of carbonyl (C=O) groups is 1. The van der Waals surface area contributed by atoms with E-state index in [4.69, 9.17) is 16.4 Å². The van der Waals surface area contributed by atoms with Gasteiger partial charge in [0.2, 0.25) is 0 Å². The van der Waals surface area contributed by atoms with Gasteiger partial charge in [-0.05, 0) is 31.2 Å². The zero-order chi connectivity index (χ0) is 13.3. The van der Waals surface area contributed by atoms with Crippen LogP contribution in [-0.4, -0.2) is 30.1 Å². The summed E-state index contributed by atoms with van der Waals surface area (Å²) in [6, 6.07) is 7.17. The lowest BCUT2D eigenvalue weighted by Gasteiger charge is -2.15. The summed E-state index contributed by atoms with van der Waals surface area (Å²) in [6.45, 7) is 1.80. The Morgan fingerprint density at radius 2 is 2.11 bits per heavy atom. The number of hydroxylamine groups is 2. The third kappa shape index (κ3) is 2.30. The number of amides is 1. The van der Waals surface area contributed by atoms with Crippen molar-refractivity contribution in [1.29, 1.82) is 0 Å². The van der Waals surface area contributed by atoms with Gasteiger partial charge in [-0.25, -0.2) is 5.06 Å². The van der Waals surface area contributed by atoms with Gasteiger partial charge in [0.15, 0.2) is 0 Å². The maximum absolute atomic E-state index is 12.1. The van der Waals surface area contributed by atoms with Gasteiger partial charge in [0.1, 0.15) is 0 Å². The summed E-state index contributed by atoms with van der Waals surface area (Å²) in [7, 11) is 3.00. The number of hydrogen-bond donors (Lipinski definition) is 0. The number of nitrogens with zero attached hydrogens (tertiary/aromatic N) is 2. The molecule has 94 valence electrons. The van der Waals surface area contributed by atoms with Gasteiger partial charge in [-0.3, -0.25) is 14.6 Å². The van der Waals surface area contributed by atoms with Crippen LogP contribution in [0.1, 0.15) is 16.1 Å². The third-order valence-electron chi connectivity index (χ3n) is 2.76. The molecule has 0 fully saturated rings. The molecule has 1 aromatic carbocycles. The van der Waals surface area contributed by atoms with Gasteiger partial charge < -0.3 is 0 Å². The van der Waals surface area contributed by atoms with Gasteiger partial charge in [-0.1, -0.05) is 11.6 Å². The molecule has 1 amide bonds. The van der Waals surface area contributed by atoms with Crippen molar-refractivity contribution in [3.8, 4) is 0 Å². The third-order valence-corrected chi connectivity index (χ3v) is 2.99. The van der Waals surface area contributed by atoms with Gasteiger partial charge in [0.05, 0.1) is 23.9 Å². The van der Waals surface area contributed by atoms with Crippen LogP contribution in [0.3, 0.4) is 0 Å². The van der Waals surface area contributed by atoms with Crippen LogP contribution in [-0.2, 0) is 4.84 Å². The molecule has 0 N–H and O–H groups in total. The molecule has 0 bridgehead atoms. The summed E-state index contributed by atoms with van der Waals surface area (Å²) < 4.78 is 0. The van der Waals surface area contributed by atoms with Crippen LogP contribution in [0.2, 0.25) is 5.02 Å². The van der Waals surface area contributed by atoms with E-state index in [-0.39, 0.29) is 5.91 Å². The average Bonchev–Trinajstić information content (AvgIpc) is 2.36. The molecule has 0 spiro atoms. The Hall–Kier alpha value is -1.65. The van der Waals surface area contributed by atoms with Crippen LogP contribution in [0.15, 0.2) is 24.3 Å². The first-order valence-electron chi connectivity index (χ1n) is 5.42. The molecule has 0 saturated carbocycles. The first-order valence-corrected chi connectivity index (χ1v) is 5.80. The number of aryl methyl sites for hydroxylation is 1. The van der Waals surface area contributed by atoms with Crippen molar-refractivity contribution in [3.05, 3.63) is 40.5 Å². The SMILES string of the molecule is CON(C)C(=O)c1cc2cc(Cl)ccc2nc1C. The van der Waals surface area contributed by atoms with Gasteiger partial charge >= 0.3 is 0 Å². The van der Waals surface area contributed by atoms with E-state index >= 15 is 0 Å². The molecule has 1 heterocycles. The molecule has 2 aromatic rings. The number of benzene rings is 1. The molecular formula is C13H13ClN2O2. The van der Waals surface area contributed by atoms with E-state index in [1.807, 2.05) is 6.07 Å². The Labute approximate surface area is 110 Å². The Morgan fingerprint density at radius 1 is 1.39 bits per heavy atom. The fraction of sp³-hybridized carbons (Fsp3) is 0.231. The van der Waals surface area contributed by atoms with Crippen LogP contribution in [0, 0.1) is 6.92 Å². The van der Waals surface area contributed by atoms with Crippen molar-refractivity contribution in [2.75, 3.05) is 14.2 Å². The van der Waals surface area contributed by atoms with Crippen LogP contribution >= 0.6 is 11.6 Å². The van der Waals surface area contributed by atoms with Gasteiger partial charge in [0.25, 0.3) is 5.91 Å². The Kier molecular flexibility index (Phi) is 3.50. The van der Waals surface area contributed by atoms with Crippen LogP contribution in [0.5, 0.6) is 0 Å². The number of halogens is 1. The molecular weight excluding hydrogens is 252 g/mol. The van der Waals surface area contributed by atoms with Crippen molar-refractivity contribution < 1.29 is 9.63 Å². The summed E-state index contributed by atoms with van der Waals surface area (Å²) in [4.78, 5) is 21.3. The van der Waals surface area contributed by atoms with Gasteiger partial charge in [-0.2, -0.15) is 0 Å². The topological polar surface area (TPSA) is 42.4 Å². The number of aromatic nitrogens is 1. The summed E-state index contributed by atoms with van der Waals surface area (Å²) in [6.07, 6.45) is 0. The van der Waals surface area contributed by atoms with E-state index in [1.165, 1.54) is 12.2 Å². The van der Waals surface area contributed by atoms with E-state index in [1.54, 1.807) is 32.2 Å². The van der Waals surface area contributed by atoms with E-state index < -0.39 is 0 Å². The number of pyridine rings is 1. The maximum Gasteiger partial charge on any atom is 0.279 e. The monoisotopic (exact) mass is 264 g/mol. The normalized spacial score (nSPS) is 10.7. The van der Waals surface area contributed by atoms with E-state index in [2.05, 4.69) is 4.98 Å². The molecule has 1 aromatic heterocycles. The first kappa shape index (κ1) is 12.8. The molecule has 4 nitrogen and oxygen atoms in total. The summed E-state index contributed by atoms with van der Waals surface area (Å²) >= 11 is 5.93. The zero-order valence-corrected chi connectivity index (χ0v) is 11.2. The lowest BCUT2D eigenvalue weighted by Crippen LogP contribution is -2.26. The number of hydrogen-bond acceptors (Lipinski definition) is 3. The summed E-state index contributed by atoms with van der Waals surface area (Å²) in [5, 5.41) is 2.62. The van der Waals surface area contributed by atoms with Crippen LogP contribution in [0.25, 0.3) is 10.9 Å². The summed E-state index contributed by atoms with van der Waals surface area (Å²) in [5.74, 6) is -0.232. The van der Waals surface area contributed by atoms with Gasteiger partial charge in [0, 0.05) is 17.5 Å².